The predicted octanol–water partition coefficient (Wildman–Crippen LogP) is 5.28. The van der Waals surface area contributed by atoms with Crippen LogP contribution < -0.4 is 0 Å². The molecular formula is C15H9F3OS. The lowest BCUT2D eigenvalue weighted by molar-refractivity contribution is -0.137. The number of fused-ring (bicyclic) bond motifs is 3. The standard InChI is InChI=1S/C15H9F3OS/c1-8(19)9-2-4-13-11(6-9)12-7-10(15(16,17)18)3-5-14(12)20-13/h2-7H,1H3. The third kappa shape index (κ3) is 2.08. The summed E-state index contributed by atoms with van der Waals surface area (Å²) in [4.78, 5) is 11.4. The molecule has 0 aliphatic rings. The number of carbonyl (C=O) groups is 1. The normalized spacial score (nSPS) is 12.2. The van der Waals surface area contributed by atoms with E-state index < -0.39 is 11.7 Å². The number of benzene rings is 2. The highest BCUT2D eigenvalue weighted by Gasteiger charge is 2.30. The van der Waals surface area contributed by atoms with E-state index in [0.29, 0.717) is 16.3 Å². The number of rotatable bonds is 1. The molecule has 1 heterocycles. The van der Waals surface area contributed by atoms with Gasteiger partial charge in [0, 0.05) is 25.7 Å². The van der Waals surface area contributed by atoms with Crippen molar-refractivity contribution in [2.45, 2.75) is 13.1 Å². The first-order chi connectivity index (χ1) is 9.36. The Hall–Kier alpha value is -1.88. The van der Waals surface area contributed by atoms with Gasteiger partial charge in [0.25, 0.3) is 0 Å². The molecule has 3 rings (SSSR count). The van der Waals surface area contributed by atoms with Crippen LogP contribution in [-0.2, 0) is 6.18 Å². The lowest BCUT2D eigenvalue weighted by Crippen LogP contribution is -2.03. The van der Waals surface area contributed by atoms with E-state index in [2.05, 4.69) is 0 Å². The largest absolute Gasteiger partial charge is 0.416 e. The van der Waals surface area contributed by atoms with Crippen LogP contribution in [0.15, 0.2) is 36.4 Å². The Balaban J connectivity index is 2.34. The van der Waals surface area contributed by atoms with Crippen LogP contribution in [0, 0.1) is 0 Å². The van der Waals surface area contributed by atoms with Crippen molar-refractivity contribution in [1.82, 2.24) is 0 Å². The maximum Gasteiger partial charge on any atom is 0.416 e. The SMILES string of the molecule is CC(=O)c1ccc2sc3ccc(C(F)(F)F)cc3c2c1. The summed E-state index contributed by atoms with van der Waals surface area (Å²) in [5.74, 6) is -0.0989. The van der Waals surface area contributed by atoms with E-state index in [9.17, 15) is 18.0 Å². The molecule has 0 spiro atoms. The van der Waals surface area contributed by atoms with E-state index in [-0.39, 0.29) is 5.78 Å². The smallest absolute Gasteiger partial charge is 0.295 e. The van der Waals surface area contributed by atoms with Gasteiger partial charge in [-0.1, -0.05) is 0 Å². The second kappa shape index (κ2) is 4.31. The van der Waals surface area contributed by atoms with E-state index in [0.717, 1.165) is 21.5 Å². The molecule has 0 saturated carbocycles. The Kier molecular flexibility index (Phi) is 2.83. The Morgan fingerprint density at radius 3 is 2.20 bits per heavy atom. The second-order valence-electron chi connectivity index (χ2n) is 4.58. The van der Waals surface area contributed by atoms with Crippen molar-refractivity contribution in [1.29, 1.82) is 0 Å². The molecular weight excluding hydrogens is 285 g/mol. The quantitative estimate of drug-likeness (QED) is 0.558. The van der Waals surface area contributed by atoms with Crippen LogP contribution >= 0.6 is 11.3 Å². The van der Waals surface area contributed by atoms with E-state index in [4.69, 9.17) is 0 Å². The number of ketones is 1. The summed E-state index contributed by atoms with van der Waals surface area (Å²) in [7, 11) is 0. The van der Waals surface area contributed by atoms with Gasteiger partial charge in [-0.3, -0.25) is 4.79 Å². The highest BCUT2D eigenvalue weighted by atomic mass is 32.1. The molecule has 0 aliphatic heterocycles. The van der Waals surface area contributed by atoms with Gasteiger partial charge in [0.15, 0.2) is 5.78 Å². The summed E-state index contributed by atoms with van der Waals surface area (Å²) in [5.41, 5.74) is -0.160. The van der Waals surface area contributed by atoms with Crippen molar-refractivity contribution >= 4 is 37.3 Å². The third-order valence-corrected chi connectivity index (χ3v) is 4.35. The highest BCUT2D eigenvalue weighted by molar-refractivity contribution is 7.25. The summed E-state index contributed by atoms with van der Waals surface area (Å²) in [6.07, 6.45) is -4.36. The molecule has 0 fully saturated rings. The number of alkyl halides is 3. The summed E-state index contributed by atoms with van der Waals surface area (Å²) >= 11 is 1.42. The summed E-state index contributed by atoms with van der Waals surface area (Å²) in [6.45, 7) is 1.44. The van der Waals surface area contributed by atoms with E-state index in [1.54, 1.807) is 18.2 Å². The van der Waals surface area contributed by atoms with Crippen molar-refractivity contribution in [3.8, 4) is 0 Å². The first kappa shape index (κ1) is 13.1. The molecule has 0 aliphatic carbocycles. The molecule has 3 aromatic rings. The van der Waals surface area contributed by atoms with Gasteiger partial charge in [-0.15, -0.1) is 11.3 Å². The summed E-state index contributed by atoms with van der Waals surface area (Å²) in [6, 6.07) is 8.86. The van der Waals surface area contributed by atoms with Crippen molar-refractivity contribution < 1.29 is 18.0 Å². The zero-order valence-corrected chi connectivity index (χ0v) is 11.2. The van der Waals surface area contributed by atoms with E-state index in [1.165, 1.54) is 24.3 Å². The van der Waals surface area contributed by atoms with E-state index in [1.807, 2.05) is 0 Å². The molecule has 102 valence electrons. The molecule has 0 radical (unpaired) electrons. The van der Waals surface area contributed by atoms with Crippen molar-refractivity contribution in [3.63, 3.8) is 0 Å². The van der Waals surface area contributed by atoms with Gasteiger partial charge in [-0.05, 0) is 43.3 Å². The molecule has 0 saturated heterocycles. The lowest BCUT2D eigenvalue weighted by atomic mass is 10.1. The van der Waals surface area contributed by atoms with Crippen LogP contribution in [0.3, 0.4) is 0 Å². The fourth-order valence-electron chi connectivity index (χ4n) is 2.17. The van der Waals surface area contributed by atoms with Gasteiger partial charge < -0.3 is 0 Å². The number of Topliss-reactive ketones (excluding diaryl/α,β-unsaturated/α-hetero) is 1. The highest BCUT2D eigenvalue weighted by Crippen LogP contribution is 2.38. The number of carbonyl (C=O) groups excluding carboxylic acids is 1. The van der Waals surface area contributed by atoms with Crippen LogP contribution in [0.25, 0.3) is 20.2 Å². The molecule has 2 aromatic carbocycles. The molecule has 0 N–H and O–H groups in total. The van der Waals surface area contributed by atoms with Gasteiger partial charge in [-0.25, -0.2) is 0 Å². The minimum absolute atomic E-state index is 0.0989. The van der Waals surface area contributed by atoms with Gasteiger partial charge in [0.1, 0.15) is 0 Å². The van der Waals surface area contributed by atoms with Crippen LogP contribution in [0.2, 0.25) is 0 Å². The molecule has 0 bridgehead atoms. The van der Waals surface area contributed by atoms with Crippen molar-refractivity contribution in [2.75, 3.05) is 0 Å². The van der Waals surface area contributed by atoms with Crippen LogP contribution in [0.5, 0.6) is 0 Å². The Bertz CT molecular complexity index is 830. The van der Waals surface area contributed by atoms with Crippen LogP contribution in [0.1, 0.15) is 22.8 Å². The van der Waals surface area contributed by atoms with Crippen molar-refractivity contribution in [2.24, 2.45) is 0 Å². The summed E-state index contributed by atoms with van der Waals surface area (Å²) in [5, 5.41) is 1.24. The zero-order valence-electron chi connectivity index (χ0n) is 10.4. The summed E-state index contributed by atoms with van der Waals surface area (Å²) < 4.78 is 40.0. The van der Waals surface area contributed by atoms with Gasteiger partial charge in [0.2, 0.25) is 0 Å². The van der Waals surface area contributed by atoms with Gasteiger partial charge >= 0.3 is 6.18 Å². The van der Waals surface area contributed by atoms with Gasteiger partial charge in [0.05, 0.1) is 5.56 Å². The van der Waals surface area contributed by atoms with Crippen LogP contribution in [0.4, 0.5) is 13.2 Å². The average Bonchev–Trinajstić information content (AvgIpc) is 2.74. The lowest BCUT2D eigenvalue weighted by Gasteiger charge is -2.06. The maximum absolute atomic E-state index is 12.8. The Morgan fingerprint density at radius 1 is 1.00 bits per heavy atom. The Morgan fingerprint density at radius 2 is 1.60 bits per heavy atom. The second-order valence-corrected chi connectivity index (χ2v) is 5.66. The topological polar surface area (TPSA) is 17.1 Å². The van der Waals surface area contributed by atoms with Gasteiger partial charge in [-0.2, -0.15) is 13.2 Å². The monoisotopic (exact) mass is 294 g/mol. The average molecular weight is 294 g/mol. The zero-order chi connectivity index (χ0) is 14.5. The minimum Gasteiger partial charge on any atom is -0.295 e. The predicted molar refractivity (Wildman–Crippen MR) is 74.3 cm³/mol. The first-order valence-corrected chi connectivity index (χ1v) is 6.72. The molecule has 5 heteroatoms. The molecule has 1 nitrogen and oxygen atoms in total. The molecule has 20 heavy (non-hydrogen) atoms. The van der Waals surface area contributed by atoms with Crippen molar-refractivity contribution in [3.05, 3.63) is 47.5 Å². The number of thiophene rings is 1. The fraction of sp³-hybridized carbons (Fsp3) is 0.133. The maximum atomic E-state index is 12.8. The minimum atomic E-state index is -4.36. The molecule has 0 amide bonds. The number of hydrogen-bond acceptors (Lipinski definition) is 2. The number of hydrogen-bond donors (Lipinski definition) is 0. The molecule has 0 unspecified atom stereocenters. The fourth-order valence-corrected chi connectivity index (χ4v) is 3.24. The third-order valence-electron chi connectivity index (χ3n) is 3.20. The molecule has 1 aromatic heterocycles. The first-order valence-electron chi connectivity index (χ1n) is 5.91. The number of halogens is 3. The molecule has 0 atom stereocenters. The van der Waals surface area contributed by atoms with Crippen LogP contribution in [-0.4, -0.2) is 5.78 Å². The van der Waals surface area contributed by atoms with E-state index >= 15 is 0 Å². The Labute approximate surface area is 116 Å².